The maximum absolute atomic E-state index is 5.35. The largest absolute Gasteiger partial charge is 0.309 e. The lowest BCUT2D eigenvalue weighted by atomic mass is 10.0. The van der Waals surface area contributed by atoms with E-state index in [2.05, 4.69) is 149 Å². The summed E-state index contributed by atoms with van der Waals surface area (Å²) in [5.41, 5.74) is 9.34. The Hall–Kier alpha value is -6.78. The van der Waals surface area contributed by atoms with Crippen LogP contribution in [0.25, 0.3) is 99.0 Å². The van der Waals surface area contributed by atoms with Crippen molar-refractivity contribution >= 4 is 76.2 Å². The first-order chi connectivity index (χ1) is 24.8. The van der Waals surface area contributed by atoms with Crippen molar-refractivity contribution in [3.63, 3.8) is 0 Å². The molecule has 11 aromatic rings. The van der Waals surface area contributed by atoms with Crippen molar-refractivity contribution in [3.05, 3.63) is 170 Å². The van der Waals surface area contributed by atoms with Crippen LogP contribution < -0.4 is 0 Å². The van der Waals surface area contributed by atoms with Crippen LogP contribution in [0, 0.1) is 0 Å². The highest BCUT2D eigenvalue weighted by atomic mass is 15.1. The number of rotatable bonds is 3. The Labute approximate surface area is 287 Å². The smallest absolute Gasteiger partial charge is 0.165 e. The Morgan fingerprint density at radius 3 is 1.64 bits per heavy atom. The SMILES string of the molecule is c1ccc(-c2nc3ccccc3nc2-n2c3ccc(-n4c5ccccc5c5c6ccccc6ccc54)cc3c3c4ccccc4ccc32)cc1. The van der Waals surface area contributed by atoms with Gasteiger partial charge in [0.2, 0.25) is 0 Å². The van der Waals surface area contributed by atoms with E-state index < -0.39 is 0 Å². The molecule has 0 amide bonds. The zero-order valence-corrected chi connectivity index (χ0v) is 27.0. The molecule has 0 unspecified atom stereocenters. The molecule has 4 nitrogen and oxygen atoms in total. The minimum absolute atomic E-state index is 0.821. The zero-order valence-electron chi connectivity index (χ0n) is 27.0. The zero-order chi connectivity index (χ0) is 32.8. The van der Waals surface area contributed by atoms with Crippen molar-refractivity contribution in [1.82, 2.24) is 19.1 Å². The number of fused-ring (bicyclic) bond motifs is 11. The van der Waals surface area contributed by atoms with E-state index in [1.54, 1.807) is 0 Å². The number of para-hydroxylation sites is 3. The van der Waals surface area contributed by atoms with E-state index >= 15 is 0 Å². The van der Waals surface area contributed by atoms with Crippen molar-refractivity contribution in [2.75, 3.05) is 0 Å². The summed E-state index contributed by atoms with van der Waals surface area (Å²) in [4.78, 5) is 10.6. The second kappa shape index (κ2) is 10.4. The summed E-state index contributed by atoms with van der Waals surface area (Å²) in [6.07, 6.45) is 0. The number of nitrogens with zero attached hydrogens (tertiary/aromatic N) is 4. The number of benzene rings is 8. The van der Waals surface area contributed by atoms with Gasteiger partial charge >= 0.3 is 0 Å². The first-order valence-electron chi connectivity index (χ1n) is 17.0. The van der Waals surface area contributed by atoms with E-state index in [0.717, 1.165) is 44.8 Å². The van der Waals surface area contributed by atoms with Crippen LogP contribution >= 0.6 is 0 Å². The van der Waals surface area contributed by atoms with Gasteiger partial charge in [-0.2, -0.15) is 0 Å². The molecule has 0 spiro atoms. The van der Waals surface area contributed by atoms with Crippen LogP contribution in [0.4, 0.5) is 0 Å². The molecule has 0 aliphatic carbocycles. The molecule has 0 saturated heterocycles. The third-order valence-electron chi connectivity index (χ3n) is 10.3. The maximum atomic E-state index is 5.35. The van der Waals surface area contributed by atoms with E-state index in [4.69, 9.17) is 9.97 Å². The van der Waals surface area contributed by atoms with Crippen LogP contribution in [0.3, 0.4) is 0 Å². The third kappa shape index (κ3) is 3.81. The molecule has 0 bridgehead atoms. The minimum Gasteiger partial charge on any atom is -0.309 e. The van der Waals surface area contributed by atoms with Gasteiger partial charge in [0.05, 0.1) is 33.1 Å². The van der Waals surface area contributed by atoms with E-state index in [-0.39, 0.29) is 0 Å². The van der Waals surface area contributed by atoms with E-state index in [0.29, 0.717) is 0 Å². The number of hydrogen-bond acceptors (Lipinski definition) is 2. The van der Waals surface area contributed by atoms with Crippen molar-refractivity contribution in [2.45, 2.75) is 0 Å². The average Bonchev–Trinajstić information content (AvgIpc) is 3.70. The van der Waals surface area contributed by atoms with Gasteiger partial charge in [0.15, 0.2) is 5.82 Å². The van der Waals surface area contributed by atoms with E-state index in [1.807, 2.05) is 30.3 Å². The Bertz CT molecular complexity index is 3150. The van der Waals surface area contributed by atoms with Gasteiger partial charge in [-0.05, 0) is 70.1 Å². The Morgan fingerprint density at radius 1 is 0.360 bits per heavy atom. The molecule has 50 heavy (non-hydrogen) atoms. The first kappa shape index (κ1) is 27.2. The van der Waals surface area contributed by atoms with Gasteiger partial charge in [0.1, 0.15) is 5.69 Å². The molecule has 4 heteroatoms. The molecule has 0 atom stereocenters. The lowest BCUT2D eigenvalue weighted by molar-refractivity contribution is 1.08. The van der Waals surface area contributed by atoms with Crippen molar-refractivity contribution in [2.24, 2.45) is 0 Å². The summed E-state index contributed by atoms with van der Waals surface area (Å²) in [6, 6.07) is 60.6. The van der Waals surface area contributed by atoms with Crippen LogP contribution in [-0.2, 0) is 0 Å². The second-order valence-electron chi connectivity index (χ2n) is 13.0. The van der Waals surface area contributed by atoms with Crippen LogP contribution in [0.5, 0.6) is 0 Å². The van der Waals surface area contributed by atoms with Gasteiger partial charge in [-0.15, -0.1) is 0 Å². The minimum atomic E-state index is 0.821. The fourth-order valence-corrected chi connectivity index (χ4v) is 8.10. The summed E-state index contributed by atoms with van der Waals surface area (Å²) in [5, 5.41) is 9.87. The van der Waals surface area contributed by atoms with Crippen molar-refractivity contribution in [1.29, 1.82) is 0 Å². The highest BCUT2D eigenvalue weighted by molar-refractivity contribution is 6.23. The summed E-state index contributed by atoms with van der Waals surface area (Å²) in [6.45, 7) is 0. The molecule has 0 fully saturated rings. The maximum Gasteiger partial charge on any atom is 0.165 e. The van der Waals surface area contributed by atoms with Crippen molar-refractivity contribution in [3.8, 4) is 22.8 Å². The number of hydrogen-bond donors (Lipinski definition) is 0. The fraction of sp³-hybridized carbons (Fsp3) is 0. The van der Waals surface area contributed by atoms with Gasteiger partial charge in [-0.1, -0.05) is 121 Å². The topological polar surface area (TPSA) is 35.6 Å². The Morgan fingerprint density at radius 2 is 0.900 bits per heavy atom. The van der Waals surface area contributed by atoms with Crippen LogP contribution in [0.2, 0.25) is 0 Å². The molecule has 232 valence electrons. The van der Waals surface area contributed by atoms with Crippen molar-refractivity contribution < 1.29 is 0 Å². The molecule has 0 saturated carbocycles. The average molecular weight is 637 g/mol. The molecule has 3 aromatic heterocycles. The normalized spacial score (nSPS) is 12.0. The molecule has 8 aromatic carbocycles. The Kier molecular flexibility index (Phi) is 5.63. The third-order valence-corrected chi connectivity index (χ3v) is 10.3. The molecule has 0 radical (unpaired) electrons. The molecule has 11 rings (SSSR count). The predicted molar refractivity (Wildman–Crippen MR) is 209 cm³/mol. The van der Waals surface area contributed by atoms with Crippen LogP contribution in [0.15, 0.2) is 170 Å². The lowest BCUT2D eigenvalue weighted by Gasteiger charge is -2.14. The standard InChI is InChI=1S/C46H28N4/c1-2-14-31(15-3-1)45-46(48-38-20-10-9-19-37(38)47-45)50-40-27-24-32(28-36(40)44-34-17-7-5-13-30(34)23-26-42(44)50)49-39-21-11-8-18-35(39)43-33-16-6-4-12-29(33)22-25-41(43)49/h1-28H. The first-order valence-corrected chi connectivity index (χ1v) is 17.0. The van der Waals surface area contributed by atoms with Gasteiger partial charge < -0.3 is 4.57 Å². The van der Waals surface area contributed by atoms with E-state index in [1.165, 1.54) is 54.1 Å². The highest BCUT2D eigenvalue weighted by Crippen LogP contribution is 2.42. The van der Waals surface area contributed by atoms with Gasteiger partial charge in [-0.25, -0.2) is 9.97 Å². The van der Waals surface area contributed by atoms with Gasteiger partial charge in [-0.3, -0.25) is 4.57 Å². The molecule has 3 heterocycles. The predicted octanol–water partition coefficient (Wildman–Crippen LogP) is 11.8. The molecule has 0 N–H and O–H groups in total. The Balaban J connectivity index is 1.28. The van der Waals surface area contributed by atoms with Crippen LogP contribution in [-0.4, -0.2) is 19.1 Å². The van der Waals surface area contributed by atoms with Gasteiger partial charge in [0, 0.05) is 32.8 Å². The quantitative estimate of drug-likeness (QED) is 0.193. The number of aromatic nitrogens is 4. The van der Waals surface area contributed by atoms with Gasteiger partial charge in [0.25, 0.3) is 0 Å². The lowest BCUT2D eigenvalue weighted by Crippen LogP contribution is -2.03. The van der Waals surface area contributed by atoms with E-state index in [9.17, 15) is 0 Å². The van der Waals surface area contributed by atoms with Crippen LogP contribution in [0.1, 0.15) is 0 Å². The fourth-order valence-electron chi connectivity index (χ4n) is 8.10. The summed E-state index contributed by atoms with van der Waals surface area (Å²) >= 11 is 0. The highest BCUT2D eigenvalue weighted by Gasteiger charge is 2.22. The summed E-state index contributed by atoms with van der Waals surface area (Å²) < 4.78 is 4.75. The monoisotopic (exact) mass is 636 g/mol. The molecular weight excluding hydrogens is 609 g/mol. The molecule has 0 aliphatic heterocycles. The second-order valence-corrected chi connectivity index (χ2v) is 13.0. The molecule has 0 aliphatic rings. The summed E-state index contributed by atoms with van der Waals surface area (Å²) in [7, 11) is 0. The molecular formula is C46H28N4. The summed E-state index contributed by atoms with van der Waals surface area (Å²) in [5.74, 6) is 0.821.